The molecule has 3 aromatic rings. The van der Waals surface area contributed by atoms with E-state index in [1.165, 1.54) is 11.9 Å². The molecule has 0 N–H and O–H groups in total. The molecule has 1 aliphatic rings. The number of nitrogens with zero attached hydrogens (tertiary/aromatic N) is 4. The molecule has 1 amide bonds. The number of aromatic nitrogens is 3. The van der Waals surface area contributed by atoms with Crippen LogP contribution >= 0.6 is 0 Å². The first kappa shape index (κ1) is 20.1. The van der Waals surface area contributed by atoms with E-state index >= 15 is 0 Å². The third-order valence-electron chi connectivity index (χ3n) is 5.65. The summed E-state index contributed by atoms with van der Waals surface area (Å²) in [5.41, 5.74) is 2.89. The highest BCUT2D eigenvalue weighted by Gasteiger charge is 2.42. The fourth-order valence-electron chi connectivity index (χ4n) is 3.96. The van der Waals surface area contributed by atoms with E-state index in [4.69, 9.17) is 4.74 Å². The van der Waals surface area contributed by atoms with Crippen molar-refractivity contribution >= 4 is 11.9 Å². The number of hydrogen-bond donors (Lipinski definition) is 0. The summed E-state index contributed by atoms with van der Waals surface area (Å²) < 4.78 is 7.21. The van der Waals surface area contributed by atoms with Crippen LogP contribution in [-0.4, -0.2) is 27.8 Å². The Morgan fingerprint density at radius 2 is 1.60 bits per heavy atom. The van der Waals surface area contributed by atoms with E-state index in [2.05, 4.69) is 41.3 Å². The molecule has 0 aliphatic carbocycles. The highest BCUT2D eigenvalue weighted by molar-refractivity contribution is 5.96. The fraction of sp³-hybridized carbons (Fsp3) is 0.375. The Balaban J connectivity index is 1.84. The number of hydrogen-bond acceptors (Lipinski definition) is 4. The monoisotopic (exact) mass is 404 g/mol. The molecular weight excluding hydrogens is 376 g/mol. The van der Waals surface area contributed by atoms with Crippen LogP contribution in [0.2, 0.25) is 0 Å². The van der Waals surface area contributed by atoms with E-state index in [9.17, 15) is 4.79 Å². The van der Waals surface area contributed by atoms with Crippen molar-refractivity contribution in [1.29, 1.82) is 0 Å². The number of aryl methyl sites for hydroxylation is 1. The van der Waals surface area contributed by atoms with Gasteiger partial charge in [0.1, 0.15) is 12.1 Å². The zero-order valence-electron chi connectivity index (χ0n) is 18.2. The van der Waals surface area contributed by atoms with Crippen molar-refractivity contribution in [2.75, 3.05) is 12.0 Å². The van der Waals surface area contributed by atoms with Crippen LogP contribution in [0.25, 0.3) is 0 Å². The Morgan fingerprint density at radius 1 is 1.00 bits per heavy atom. The van der Waals surface area contributed by atoms with Gasteiger partial charge in [0, 0.05) is 5.41 Å². The van der Waals surface area contributed by atoms with E-state index in [1.54, 1.807) is 7.11 Å². The zero-order chi connectivity index (χ0) is 21.5. The number of anilines is 1. The van der Waals surface area contributed by atoms with Gasteiger partial charge in [0.2, 0.25) is 11.9 Å². The average Bonchev–Trinajstić information content (AvgIpc) is 3.22. The van der Waals surface area contributed by atoms with Gasteiger partial charge in [0.25, 0.3) is 0 Å². The maximum atomic E-state index is 13.5. The minimum absolute atomic E-state index is 0.000722. The van der Waals surface area contributed by atoms with Gasteiger partial charge in [0.05, 0.1) is 19.2 Å². The average molecular weight is 405 g/mol. The van der Waals surface area contributed by atoms with E-state index in [1.807, 2.05) is 54.6 Å². The third kappa shape index (κ3) is 3.58. The standard InChI is InChI=1S/C24H28N4O2/c1-16-6-8-18(9-7-16)21-14-20(17-10-12-19(30-5)13-11-17)27(22(29)24(2,3)4)23-25-15-26-28(21)23/h6-13,15,20-21H,14H2,1-5H3/t20-,21+/m1/s1. The van der Waals surface area contributed by atoms with Crippen LogP contribution in [0.5, 0.6) is 5.75 Å². The lowest BCUT2D eigenvalue weighted by molar-refractivity contribution is -0.126. The normalized spacial score (nSPS) is 18.8. The Hall–Kier alpha value is -3.15. The van der Waals surface area contributed by atoms with Gasteiger partial charge in [-0.25, -0.2) is 4.68 Å². The van der Waals surface area contributed by atoms with Gasteiger partial charge in [-0.1, -0.05) is 62.7 Å². The summed E-state index contributed by atoms with van der Waals surface area (Å²) in [6.07, 6.45) is 2.25. The summed E-state index contributed by atoms with van der Waals surface area (Å²) in [5, 5.41) is 4.50. The number of benzene rings is 2. The molecule has 0 radical (unpaired) electrons. The lowest BCUT2D eigenvalue weighted by atomic mass is 9.88. The van der Waals surface area contributed by atoms with Crippen molar-refractivity contribution in [3.8, 4) is 5.75 Å². The van der Waals surface area contributed by atoms with Crippen LogP contribution in [0.4, 0.5) is 5.95 Å². The van der Waals surface area contributed by atoms with Crippen molar-refractivity contribution < 1.29 is 9.53 Å². The highest BCUT2D eigenvalue weighted by Crippen LogP contribution is 2.43. The molecular formula is C24H28N4O2. The summed E-state index contributed by atoms with van der Waals surface area (Å²) >= 11 is 0. The van der Waals surface area contributed by atoms with Crippen LogP contribution in [0, 0.1) is 12.3 Å². The summed E-state index contributed by atoms with van der Waals surface area (Å²) in [6.45, 7) is 7.89. The largest absolute Gasteiger partial charge is 0.497 e. The molecule has 1 aromatic heterocycles. The molecule has 1 aliphatic heterocycles. The third-order valence-corrected chi connectivity index (χ3v) is 5.65. The topological polar surface area (TPSA) is 60.2 Å². The molecule has 2 atom stereocenters. The molecule has 4 rings (SSSR count). The lowest BCUT2D eigenvalue weighted by Crippen LogP contribution is -2.47. The number of rotatable bonds is 3. The second-order valence-electron chi connectivity index (χ2n) is 8.88. The van der Waals surface area contributed by atoms with Crippen LogP contribution in [0.15, 0.2) is 54.9 Å². The van der Waals surface area contributed by atoms with Crippen LogP contribution < -0.4 is 9.64 Å². The summed E-state index contributed by atoms with van der Waals surface area (Å²) in [4.78, 5) is 19.8. The van der Waals surface area contributed by atoms with Crippen molar-refractivity contribution in [3.63, 3.8) is 0 Å². The molecule has 0 spiro atoms. The van der Waals surface area contributed by atoms with Crippen molar-refractivity contribution in [1.82, 2.24) is 14.8 Å². The molecule has 6 nitrogen and oxygen atoms in total. The van der Waals surface area contributed by atoms with Gasteiger partial charge >= 0.3 is 0 Å². The number of amides is 1. The summed E-state index contributed by atoms with van der Waals surface area (Å²) in [5.74, 6) is 1.41. The van der Waals surface area contributed by atoms with Gasteiger partial charge in [-0.15, -0.1) is 0 Å². The number of fused-ring (bicyclic) bond motifs is 1. The van der Waals surface area contributed by atoms with Crippen molar-refractivity contribution in [2.24, 2.45) is 5.41 Å². The lowest BCUT2D eigenvalue weighted by Gasteiger charge is -2.41. The highest BCUT2D eigenvalue weighted by atomic mass is 16.5. The predicted octanol–water partition coefficient (Wildman–Crippen LogP) is 4.71. The van der Waals surface area contributed by atoms with Gasteiger partial charge in [-0.05, 0) is 36.6 Å². The molecule has 0 fully saturated rings. The first-order valence-electron chi connectivity index (χ1n) is 10.2. The summed E-state index contributed by atoms with van der Waals surface area (Å²) in [7, 11) is 1.65. The number of carbonyl (C=O) groups is 1. The van der Waals surface area contributed by atoms with Crippen LogP contribution in [0.1, 0.15) is 56.0 Å². The predicted molar refractivity (Wildman–Crippen MR) is 117 cm³/mol. The quantitative estimate of drug-likeness (QED) is 0.634. The Kier molecular flexibility index (Phi) is 5.10. The van der Waals surface area contributed by atoms with Crippen LogP contribution in [-0.2, 0) is 4.79 Å². The molecule has 0 bridgehead atoms. The smallest absolute Gasteiger partial charge is 0.235 e. The van der Waals surface area contributed by atoms with Gasteiger partial charge in [-0.2, -0.15) is 10.1 Å². The molecule has 0 unspecified atom stereocenters. The first-order valence-corrected chi connectivity index (χ1v) is 10.2. The second kappa shape index (κ2) is 7.59. The number of carbonyl (C=O) groups excluding carboxylic acids is 1. The maximum Gasteiger partial charge on any atom is 0.235 e. The van der Waals surface area contributed by atoms with Crippen molar-refractivity contribution in [2.45, 2.75) is 46.2 Å². The van der Waals surface area contributed by atoms with Crippen LogP contribution in [0.3, 0.4) is 0 Å². The van der Waals surface area contributed by atoms with E-state index in [0.717, 1.165) is 16.9 Å². The minimum Gasteiger partial charge on any atom is -0.497 e. The molecule has 0 saturated heterocycles. The molecule has 156 valence electrons. The molecule has 2 aromatic carbocycles. The molecule has 30 heavy (non-hydrogen) atoms. The number of methoxy groups -OCH3 is 1. The summed E-state index contributed by atoms with van der Waals surface area (Å²) in [6, 6.07) is 16.3. The van der Waals surface area contributed by atoms with Crippen molar-refractivity contribution in [3.05, 3.63) is 71.5 Å². The molecule has 2 heterocycles. The molecule has 0 saturated carbocycles. The first-order chi connectivity index (χ1) is 14.3. The van der Waals surface area contributed by atoms with Gasteiger partial charge < -0.3 is 4.74 Å². The SMILES string of the molecule is COc1ccc([C@H]2C[C@@H](c3ccc(C)cc3)n3ncnc3N2C(=O)C(C)(C)C)cc1. The Labute approximate surface area is 177 Å². The van der Waals surface area contributed by atoms with Gasteiger partial charge in [-0.3, -0.25) is 9.69 Å². The fourth-order valence-corrected chi connectivity index (χ4v) is 3.96. The zero-order valence-corrected chi connectivity index (χ0v) is 18.2. The Morgan fingerprint density at radius 3 is 2.20 bits per heavy atom. The van der Waals surface area contributed by atoms with E-state index < -0.39 is 5.41 Å². The second-order valence-corrected chi connectivity index (χ2v) is 8.88. The van der Waals surface area contributed by atoms with E-state index in [-0.39, 0.29) is 18.0 Å². The molecule has 6 heteroatoms. The maximum absolute atomic E-state index is 13.5. The minimum atomic E-state index is -0.543. The van der Waals surface area contributed by atoms with E-state index in [0.29, 0.717) is 12.4 Å². The number of ether oxygens (including phenoxy) is 1. The Bertz CT molecular complexity index is 1030. The van der Waals surface area contributed by atoms with Gasteiger partial charge in [0.15, 0.2) is 0 Å².